The summed E-state index contributed by atoms with van der Waals surface area (Å²) < 4.78 is 5.23. The molecule has 4 fully saturated rings. The van der Waals surface area contributed by atoms with Crippen molar-refractivity contribution in [1.82, 2.24) is 4.90 Å². The minimum Gasteiger partial charge on any atom is -0.446 e. The molecule has 0 radical (unpaired) electrons. The molecule has 4 rings (SSSR count). The lowest BCUT2D eigenvalue weighted by atomic mass is 9.69. The number of carbonyl (C=O) groups is 1. The largest absolute Gasteiger partial charge is 0.446 e. The van der Waals surface area contributed by atoms with Crippen LogP contribution in [0.15, 0.2) is 0 Å². The van der Waals surface area contributed by atoms with E-state index in [0.29, 0.717) is 11.8 Å². The Hall–Kier alpha value is -0.770. The van der Waals surface area contributed by atoms with Gasteiger partial charge in [0.25, 0.3) is 0 Å². The minimum atomic E-state index is -0.331. The van der Waals surface area contributed by atoms with Crippen LogP contribution in [-0.4, -0.2) is 40.9 Å². The summed E-state index contributed by atoms with van der Waals surface area (Å²) in [7, 11) is 0. The number of piperidine rings is 2. The molecule has 4 heteroatoms. The van der Waals surface area contributed by atoms with Gasteiger partial charge in [-0.2, -0.15) is 0 Å². The number of hydrogen-bond donors (Lipinski definition) is 1. The van der Waals surface area contributed by atoms with E-state index in [1.54, 1.807) is 4.90 Å². The van der Waals surface area contributed by atoms with Crippen LogP contribution in [0.5, 0.6) is 0 Å². The van der Waals surface area contributed by atoms with Gasteiger partial charge in [0.15, 0.2) is 0 Å². The highest BCUT2D eigenvalue weighted by Gasteiger charge is 2.53. The third-order valence-corrected chi connectivity index (χ3v) is 3.95. The fourth-order valence-corrected chi connectivity index (χ4v) is 3.35. The van der Waals surface area contributed by atoms with E-state index in [1.807, 2.05) is 6.92 Å². The van der Waals surface area contributed by atoms with Gasteiger partial charge in [-0.25, -0.2) is 4.79 Å². The summed E-state index contributed by atoms with van der Waals surface area (Å²) in [6.07, 6.45) is 1.37. The van der Waals surface area contributed by atoms with Gasteiger partial charge < -0.3 is 14.7 Å². The molecular formula is C10H15NO3. The number of rotatable bonds is 0. The zero-order valence-electron chi connectivity index (χ0n) is 8.22. The van der Waals surface area contributed by atoms with E-state index in [4.69, 9.17) is 4.74 Å². The first-order valence-corrected chi connectivity index (χ1v) is 5.32. The fraction of sp³-hybridized carbons (Fsp3) is 0.900. The van der Waals surface area contributed by atoms with Crippen LogP contribution in [0.1, 0.15) is 19.8 Å². The van der Waals surface area contributed by atoms with Crippen molar-refractivity contribution in [2.24, 2.45) is 11.8 Å². The molecule has 4 aliphatic rings. The molecule has 0 spiro atoms. The van der Waals surface area contributed by atoms with Gasteiger partial charge in [-0.15, -0.1) is 0 Å². The molecule has 1 saturated carbocycles. The van der Waals surface area contributed by atoms with Gasteiger partial charge in [-0.1, -0.05) is 0 Å². The number of aliphatic hydroxyl groups is 1. The highest BCUT2D eigenvalue weighted by molar-refractivity contribution is 5.70. The average molecular weight is 197 g/mol. The second-order valence-electron chi connectivity index (χ2n) is 4.80. The van der Waals surface area contributed by atoms with E-state index in [0.717, 1.165) is 19.4 Å². The second kappa shape index (κ2) is 2.63. The van der Waals surface area contributed by atoms with Gasteiger partial charge in [0, 0.05) is 12.5 Å². The van der Waals surface area contributed by atoms with E-state index in [-0.39, 0.29) is 24.3 Å². The lowest BCUT2D eigenvalue weighted by Gasteiger charge is -2.56. The van der Waals surface area contributed by atoms with Crippen LogP contribution in [0.2, 0.25) is 0 Å². The standard InChI is InChI=1S/C10H15NO3/c1-5-7-2-6-3-8(12)9(7)11(4-6)10(13)14-5/h5-9,12H,2-4H2,1H3/t5-,6-,7-,8-,9+/m0/s1. The van der Waals surface area contributed by atoms with E-state index in [9.17, 15) is 9.90 Å². The number of fused-ring (bicyclic) bond motifs is 1. The Bertz CT molecular complexity index is 281. The van der Waals surface area contributed by atoms with Gasteiger partial charge in [0.05, 0.1) is 12.1 Å². The van der Waals surface area contributed by atoms with Gasteiger partial charge in [0.2, 0.25) is 0 Å². The molecule has 3 saturated heterocycles. The molecule has 4 bridgehead atoms. The van der Waals surface area contributed by atoms with E-state index >= 15 is 0 Å². The van der Waals surface area contributed by atoms with Crippen LogP contribution < -0.4 is 0 Å². The first kappa shape index (κ1) is 8.53. The normalized spacial score (nSPS) is 50.6. The van der Waals surface area contributed by atoms with Crippen molar-refractivity contribution in [2.75, 3.05) is 6.54 Å². The fourth-order valence-electron chi connectivity index (χ4n) is 3.35. The molecule has 3 heterocycles. The SMILES string of the molecule is C[C@@H]1OC(=O)N2C[C@H]3C[C@@H]1[C@@H]2[C@@H](O)C3. The van der Waals surface area contributed by atoms with Crippen molar-refractivity contribution < 1.29 is 14.6 Å². The molecule has 1 amide bonds. The third kappa shape index (κ3) is 0.947. The molecule has 1 aliphatic carbocycles. The van der Waals surface area contributed by atoms with Crippen LogP contribution >= 0.6 is 0 Å². The number of cyclic esters (lactones) is 1. The van der Waals surface area contributed by atoms with E-state index in [2.05, 4.69) is 0 Å². The zero-order chi connectivity index (χ0) is 9.87. The molecule has 14 heavy (non-hydrogen) atoms. The maximum absolute atomic E-state index is 11.5. The molecule has 0 unspecified atom stereocenters. The Morgan fingerprint density at radius 2 is 2.29 bits per heavy atom. The molecule has 1 N–H and O–H groups in total. The highest BCUT2D eigenvalue weighted by Crippen LogP contribution is 2.44. The predicted octanol–water partition coefficient (Wildman–Crippen LogP) is 0.596. The average Bonchev–Trinajstić information content (AvgIpc) is 2.14. The van der Waals surface area contributed by atoms with Crippen molar-refractivity contribution in [1.29, 1.82) is 0 Å². The highest BCUT2D eigenvalue weighted by atomic mass is 16.6. The first-order valence-electron chi connectivity index (χ1n) is 5.32. The van der Waals surface area contributed by atoms with Gasteiger partial charge in [0.1, 0.15) is 6.10 Å². The lowest BCUT2D eigenvalue weighted by Crippen LogP contribution is -2.67. The summed E-state index contributed by atoms with van der Waals surface area (Å²) in [4.78, 5) is 13.3. The van der Waals surface area contributed by atoms with Crippen molar-refractivity contribution in [3.8, 4) is 0 Å². The lowest BCUT2D eigenvalue weighted by molar-refractivity contribution is -0.144. The van der Waals surface area contributed by atoms with Crippen molar-refractivity contribution in [2.45, 2.75) is 38.0 Å². The Balaban J connectivity index is 1.97. The molecule has 4 nitrogen and oxygen atoms in total. The number of carbonyl (C=O) groups excluding carboxylic acids is 1. The van der Waals surface area contributed by atoms with Crippen molar-refractivity contribution in [3.05, 3.63) is 0 Å². The second-order valence-corrected chi connectivity index (χ2v) is 4.80. The van der Waals surface area contributed by atoms with Crippen LogP contribution in [-0.2, 0) is 4.74 Å². The first-order chi connectivity index (χ1) is 6.66. The summed E-state index contributed by atoms with van der Waals surface area (Å²) in [5.74, 6) is 0.825. The molecule has 78 valence electrons. The maximum atomic E-state index is 11.5. The van der Waals surface area contributed by atoms with Gasteiger partial charge in [-0.05, 0) is 25.7 Å². The molecular weight excluding hydrogens is 182 g/mol. The van der Waals surface area contributed by atoms with E-state index in [1.165, 1.54) is 0 Å². The summed E-state index contributed by atoms with van der Waals surface area (Å²) in [6, 6.07) is 0.0243. The quantitative estimate of drug-likeness (QED) is 0.618. The molecule has 0 aromatic heterocycles. The van der Waals surface area contributed by atoms with Gasteiger partial charge in [-0.3, -0.25) is 0 Å². The number of amides is 1. The third-order valence-electron chi connectivity index (χ3n) is 3.95. The molecule has 5 atom stereocenters. The Morgan fingerprint density at radius 1 is 1.50 bits per heavy atom. The number of ether oxygens (including phenoxy) is 1. The predicted molar refractivity (Wildman–Crippen MR) is 48.7 cm³/mol. The Labute approximate surface area is 82.8 Å². The van der Waals surface area contributed by atoms with Crippen LogP contribution in [0.25, 0.3) is 0 Å². The Kier molecular flexibility index (Phi) is 1.60. The summed E-state index contributed by atoms with van der Waals surface area (Å²) in [5, 5.41) is 9.89. The molecule has 0 aromatic carbocycles. The number of aliphatic hydroxyl groups excluding tert-OH is 1. The van der Waals surface area contributed by atoms with Crippen molar-refractivity contribution in [3.63, 3.8) is 0 Å². The van der Waals surface area contributed by atoms with Crippen LogP contribution in [0.4, 0.5) is 4.79 Å². The number of nitrogens with zero attached hydrogens (tertiary/aromatic N) is 1. The van der Waals surface area contributed by atoms with E-state index < -0.39 is 0 Å². The number of hydrogen-bond acceptors (Lipinski definition) is 3. The van der Waals surface area contributed by atoms with Crippen LogP contribution in [0.3, 0.4) is 0 Å². The topological polar surface area (TPSA) is 49.8 Å². The smallest absolute Gasteiger partial charge is 0.410 e. The van der Waals surface area contributed by atoms with Gasteiger partial charge >= 0.3 is 6.09 Å². The Morgan fingerprint density at radius 3 is 3.00 bits per heavy atom. The summed E-state index contributed by atoms with van der Waals surface area (Å²) in [5.41, 5.74) is 0. The van der Waals surface area contributed by atoms with Crippen LogP contribution in [0, 0.1) is 11.8 Å². The molecule has 3 aliphatic heterocycles. The van der Waals surface area contributed by atoms with Crippen molar-refractivity contribution >= 4 is 6.09 Å². The summed E-state index contributed by atoms with van der Waals surface area (Å²) in [6.45, 7) is 2.72. The minimum absolute atomic E-state index is 0.0243. The summed E-state index contributed by atoms with van der Waals surface area (Å²) >= 11 is 0. The molecule has 0 aromatic rings. The maximum Gasteiger partial charge on any atom is 0.410 e. The zero-order valence-corrected chi connectivity index (χ0v) is 8.22. The monoisotopic (exact) mass is 197 g/mol.